The van der Waals surface area contributed by atoms with Crippen LogP contribution in [0.25, 0.3) is 0 Å². The molecule has 0 radical (unpaired) electrons. The van der Waals surface area contributed by atoms with Crippen molar-refractivity contribution in [1.29, 1.82) is 0 Å². The van der Waals surface area contributed by atoms with Crippen LogP contribution in [-0.4, -0.2) is 13.0 Å². The zero-order valence-electron chi connectivity index (χ0n) is 7.35. The van der Waals surface area contributed by atoms with Crippen molar-refractivity contribution in [2.45, 2.75) is 5.38 Å². The predicted octanol–water partition coefficient (Wildman–Crippen LogP) is 1.99. The van der Waals surface area contributed by atoms with Crippen molar-refractivity contribution in [2.75, 3.05) is 7.05 Å². The predicted molar refractivity (Wildman–Crippen MR) is 49.0 cm³/mol. The smallest absolute Gasteiger partial charge is 0.242 e. The number of rotatable bonds is 2. The molecule has 0 aliphatic carbocycles. The Labute approximate surface area is 84.9 Å². The van der Waals surface area contributed by atoms with E-state index in [0.717, 1.165) is 18.2 Å². The lowest BCUT2D eigenvalue weighted by atomic mass is 10.1. The summed E-state index contributed by atoms with van der Waals surface area (Å²) in [5.74, 6) is -2.01. The molecule has 0 spiro atoms. The fourth-order valence-corrected chi connectivity index (χ4v) is 1.23. The number of amides is 1. The maximum Gasteiger partial charge on any atom is 0.242 e. The molecule has 1 amide bonds. The Bertz CT molecular complexity index is 336. The standard InChI is InChI=1S/C9H8ClF2NO/c1-13-9(14)8(10)5-2-6(11)4-7(12)3-5/h2-4,8H,1H3,(H,13,14). The number of likely N-dealkylation sites (N-methyl/N-ethyl adjacent to an activating group) is 1. The molecular formula is C9H8ClF2NO. The minimum absolute atomic E-state index is 0.100. The third kappa shape index (κ3) is 2.42. The van der Waals surface area contributed by atoms with Gasteiger partial charge in [-0.15, -0.1) is 11.6 Å². The summed E-state index contributed by atoms with van der Waals surface area (Å²) in [4.78, 5) is 11.0. The van der Waals surface area contributed by atoms with Crippen LogP contribution >= 0.6 is 11.6 Å². The van der Waals surface area contributed by atoms with E-state index in [9.17, 15) is 13.6 Å². The molecule has 0 aliphatic heterocycles. The van der Waals surface area contributed by atoms with E-state index in [2.05, 4.69) is 5.32 Å². The summed E-state index contributed by atoms with van der Waals surface area (Å²) < 4.78 is 25.5. The van der Waals surface area contributed by atoms with E-state index in [-0.39, 0.29) is 5.56 Å². The van der Waals surface area contributed by atoms with Gasteiger partial charge in [-0.1, -0.05) is 0 Å². The molecule has 5 heteroatoms. The molecule has 0 aliphatic rings. The van der Waals surface area contributed by atoms with Gasteiger partial charge in [-0.25, -0.2) is 8.78 Å². The second-order valence-electron chi connectivity index (χ2n) is 2.68. The van der Waals surface area contributed by atoms with Gasteiger partial charge in [0, 0.05) is 13.1 Å². The van der Waals surface area contributed by atoms with Crippen molar-refractivity contribution < 1.29 is 13.6 Å². The summed E-state index contributed by atoms with van der Waals surface area (Å²) in [6, 6.07) is 2.77. The largest absolute Gasteiger partial charge is 0.358 e. The van der Waals surface area contributed by atoms with Crippen LogP contribution in [0.5, 0.6) is 0 Å². The first kappa shape index (κ1) is 10.9. The maximum atomic E-state index is 12.7. The molecule has 0 bridgehead atoms. The molecule has 1 N–H and O–H groups in total. The Morgan fingerprint density at radius 1 is 1.36 bits per heavy atom. The van der Waals surface area contributed by atoms with Crippen molar-refractivity contribution in [3.05, 3.63) is 35.4 Å². The summed E-state index contributed by atoms with van der Waals surface area (Å²) in [5.41, 5.74) is 0.100. The molecule has 0 saturated carbocycles. The van der Waals surface area contributed by atoms with Gasteiger partial charge in [0.1, 0.15) is 17.0 Å². The van der Waals surface area contributed by atoms with E-state index in [1.54, 1.807) is 0 Å². The number of alkyl halides is 1. The molecule has 0 fully saturated rings. The average molecular weight is 220 g/mol. The van der Waals surface area contributed by atoms with Crippen molar-refractivity contribution in [3.63, 3.8) is 0 Å². The topological polar surface area (TPSA) is 29.1 Å². The van der Waals surface area contributed by atoms with Crippen LogP contribution in [0.4, 0.5) is 8.78 Å². The van der Waals surface area contributed by atoms with E-state index in [4.69, 9.17) is 11.6 Å². The number of nitrogens with one attached hydrogen (secondary N) is 1. The van der Waals surface area contributed by atoms with Crippen LogP contribution in [0.15, 0.2) is 18.2 Å². The molecule has 0 saturated heterocycles. The Hall–Kier alpha value is -1.16. The number of halogens is 3. The average Bonchev–Trinajstić information content (AvgIpc) is 2.14. The van der Waals surface area contributed by atoms with Crippen molar-refractivity contribution in [1.82, 2.24) is 5.32 Å². The molecule has 14 heavy (non-hydrogen) atoms. The van der Waals surface area contributed by atoms with Crippen LogP contribution in [0, 0.1) is 11.6 Å². The van der Waals surface area contributed by atoms with Crippen molar-refractivity contribution in [2.24, 2.45) is 0 Å². The molecule has 0 aromatic heterocycles. The number of benzene rings is 1. The van der Waals surface area contributed by atoms with Crippen molar-refractivity contribution in [3.8, 4) is 0 Å². The Balaban J connectivity index is 3.00. The van der Waals surface area contributed by atoms with Gasteiger partial charge in [0.25, 0.3) is 0 Å². The second kappa shape index (κ2) is 4.37. The number of carbonyl (C=O) groups excluding carboxylic acids is 1. The Morgan fingerprint density at radius 2 is 1.86 bits per heavy atom. The van der Waals surface area contributed by atoms with Gasteiger partial charge >= 0.3 is 0 Å². The summed E-state index contributed by atoms with van der Waals surface area (Å²) in [6.45, 7) is 0. The third-order valence-electron chi connectivity index (χ3n) is 1.65. The first-order valence-electron chi connectivity index (χ1n) is 3.86. The van der Waals surface area contributed by atoms with E-state index in [1.807, 2.05) is 0 Å². The van der Waals surface area contributed by atoms with Gasteiger partial charge in [0.2, 0.25) is 5.91 Å². The molecule has 1 unspecified atom stereocenters. The molecule has 1 aromatic rings. The second-order valence-corrected chi connectivity index (χ2v) is 3.12. The lowest BCUT2D eigenvalue weighted by molar-refractivity contribution is -0.120. The summed E-state index contributed by atoms with van der Waals surface area (Å²) >= 11 is 5.66. The molecule has 76 valence electrons. The van der Waals surface area contributed by atoms with Crippen LogP contribution in [0.2, 0.25) is 0 Å². The van der Waals surface area contributed by atoms with Crippen LogP contribution < -0.4 is 5.32 Å². The zero-order valence-corrected chi connectivity index (χ0v) is 8.11. The lowest BCUT2D eigenvalue weighted by Gasteiger charge is -2.08. The molecule has 1 atom stereocenters. The quantitative estimate of drug-likeness (QED) is 0.758. The van der Waals surface area contributed by atoms with E-state index >= 15 is 0 Å². The highest BCUT2D eigenvalue weighted by atomic mass is 35.5. The van der Waals surface area contributed by atoms with Crippen LogP contribution in [-0.2, 0) is 4.79 Å². The van der Waals surface area contributed by atoms with Gasteiger partial charge in [0.15, 0.2) is 0 Å². The zero-order chi connectivity index (χ0) is 10.7. The minimum Gasteiger partial charge on any atom is -0.358 e. The molecule has 2 nitrogen and oxygen atoms in total. The summed E-state index contributed by atoms with van der Waals surface area (Å²) in [5, 5.41) is 1.21. The third-order valence-corrected chi connectivity index (χ3v) is 2.10. The first-order valence-corrected chi connectivity index (χ1v) is 4.30. The Morgan fingerprint density at radius 3 is 2.29 bits per heavy atom. The molecular weight excluding hydrogens is 212 g/mol. The van der Waals surface area contributed by atoms with Gasteiger partial charge in [-0.3, -0.25) is 4.79 Å². The van der Waals surface area contributed by atoms with Gasteiger partial charge < -0.3 is 5.32 Å². The first-order chi connectivity index (χ1) is 6.54. The molecule has 1 aromatic carbocycles. The lowest BCUT2D eigenvalue weighted by Crippen LogP contribution is -2.22. The van der Waals surface area contributed by atoms with E-state index in [1.165, 1.54) is 7.05 Å². The van der Waals surface area contributed by atoms with Crippen LogP contribution in [0.3, 0.4) is 0 Å². The molecule has 1 rings (SSSR count). The van der Waals surface area contributed by atoms with Gasteiger partial charge in [-0.2, -0.15) is 0 Å². The monoisotopic (exact) mass is 219 g/mol. The van der Waals surface area contributed by atoms with Crippen molar-refractivity contribution >= 4 is 17.5 Å². The molecule has 0 heterocycles. The Kier molecular flexibility index (Phi) is 3.41. The number of hydrogen-bond acceptors (Lipinski definition) is 1. The fraction of sp³-hybridized carbons (Fsp3) is 0.222. The number of hydrogen-bond donors (Lipinski definition) is 1. The van der Waals surface area contributed by atoms with Gasteiger partial charge in [-0.05, 0) is 17.7 Å². The normalized spacial score (nSPS) is 12.3. The maximum absolute atomic E-state index is 12.7. The highest BCUT2D eigenvalue weighted by Crippen LogP contribution is 2.22. The summed E-state index contributed by atoms with van der Waals surface area (Å²) in [6.07, 6.45) is 0. The number of carbonyl (C=O) groups is 1. The van der Waals surface area contributed by atoms with E-state index < -0.39 is 22.9 Å². The van der Waals surface area contributed by atoms with E-state index in [0.29, 0.717) is 0 Å². The SMILES string of the molecule is CNC(=O)C(Cl)c1cc(F)cc(F)c1. The van der Waals surface area contributed by atoms with Crippen LogP contribution in [0.1, 0.15) is 10.9 Å². The van der Waals surface area contributed by atoms with Gasteiger partial charge in [0.05, 0.1) is 0 Å². The summed E-state index contributed by atoms with van der Waals surface area (Å²) in [7, 11) is 1.40. The highest BCUT2D eigenvalue weighted by Gasteiger charge is 2.17. The minimum atomic E-state index is -1.08. The fourth-order valence-electron chi connectivity index (χ4n) is 1.000. The highest BCUT2D eigenvalue weighted by molar-refractivity contribution is 6.30.